The molecule has 0 saturated heterocycles. The maximum absolute atomic E-state index is 12.2. The second kappa shape index (κ2) is 4.50. The van der Waals surface area contributed by atoms with Gasteiger partial charge < -0.3 is 10.3 Å². The van der Waals surface area contributed by atoms with Gasteiger partial charge in [-0.05, 0) is 25.3 Å². The second-order valence-electron chi connectivity index (χ2n) is 5.05. The Kier molecular flexibility index (Phi) is 2.91. The van der Waals surface area contributed by atoms with Crippen molar-refractivity contribution in [3.63, 3.8) is 0 Å². The molecule has 0 saturated carbocycles. The number of thiophene rings is 1. The third-order valence-electron chi connectivity index (χ3n) is 2.79. The van der Waals surface area contributed by atoms with E-state index < -0.39 is 5.54 Å². The molecule has 0 aliphatic heterocycles. The van der Waals surface area contributed by atoms with Crippen LogP contribution >= 0.6 is 11.3 Å². The first-order valence-corrected chi connectivity index (χ1v) is 6.88. The molecule has 0 spiro atoms. The Morgan fingerprint density at radius 2 is 2.30 bits per heavy atom. The molecule has 0 fully saturated rings. The van der Waals surface area contributed by atoms with Crippen LogP contribution < -0.4 is 11.3 Å². The maximum atomic E-state index is 12.2. The molecule has 3 aromatic rings. The normalized spacial score (nSPS) is 12.2. The Morgan fingerprint density at radius 3 is 3.00 bits per heavy atom. The fourth-order valence-corrected chi connectivity index (χ4v) is 2.51. The molecule has 20 heavy (non-hydrogen) atoms. The van der Waals surface area contributed by atoms with Gasteiger partial charge in [0, 0.05) is 0 Å². The lowest BCUT2D eigenvalue weighted by Crippen LogP contribution is -2.30. The van der Waals surface area contributed by atoms with Gasteiger partial charge in [0.15, 0.2) is 5.82 Å². The predicted molar refractivity (Wildman–Crippen MR) is 74.5 cm³/mol. The molecule has 8 heteroatoms. The van der Waals surface area contributed by atoms with Crippen LogP contribution in [0.5, 0.6) is 0 Å². The van der Waals surface area contributed by atoms with Crippen LogP contribution in [0.2, 0.25) is 0 Å². The van der Waals surface area contributed by atoms with E-state index in [1.165, 1.54) is 22.2 Å². The largest absolute Gasteiger partial charge is 0.337 e. The molecule has 0 unspecified atom stereocenters. The van der Waals surface area contributed by atoms with Gasteiger partial charge in [-0.1, -0.05) is 5.16 Å². The smallest absolute Gasteiger partial charge is 0.271 e. The van der Waals surface area contributed by atoms with Crippen molar-refractivity contribution in [3.05, 3.63) is 39.8 Å². The van der Waals surface area contributed by atoms with Crippen LogP contribution in [0.3, 0.4) is 0 Å². The highest BCUT2D eigenvalue weighted by molar-refractivity contribution is 7.17. The average Bonchev–Trinajstić information content (AvgIpc) is 3.01. The number of nitrogens with zero attached hydrogens (tertiary/aromatic N) is 4. The zero-order chi connectivity index (χ0) is 14.3. The molecule has 2 N–H and O–H groups in total. The lowest BCUT2D eigenvalue weighted by atomic mass is 10.1. The molecule has 0 bridgehead atoms. The van der Waals surface area contributed by atoms with Gasteiger partial charge in [0.25, 0.3) is 5.56 Å². The van der Waals surface area contributed by atoms with E-state index in [1.54, 1.807) is 13.8 Å². The van der Waals surface area contributed by atoms with Crippen molar-refractivity contribution >= 4 is 21.6 Å². The maximum Gasteiger partial charge on any atom is 0.271 e. The lowest BCUT2D eigenvalue weighted by Gasteiger charge is -2.11. The van der Waals surface area contributed by atoms with Gasteiger partial charge in [0.2, 0.25) is 5.89 Å². The van der Waals surface area contributed by atoms with Crippen molar-refractivity contribution in [2.75, 3.05) is 0 Å². The van der Waals surface area contributed by atoms with Gasteiger partial charge in [-0.15, -0.1) is 11.3 Å². The second-order valence-corrected chi connectivity index (χ2v) is 5.96. The van der Waals surface area contributed by atoms with E-state index >= 15 is 0 Å². The Hall–Kier alpha value is -2.06. The van der Waals surface area contributed by atoms with Crippen LogP contribution in [-0.2, 0) is 12.1 Å². The summed E-state index contributed by atoms with van der Waals surface area (Å²) in [7, 11) is 0. The van der Waals surface area contributed by atoms with Gasteiger partial charge >= 0.3 is 0 Å². The van der Waals surface area contributed by atoms with E-state index in [0.717, 1.165) is 0 Å². The first-order valence-electron chi connectivity index (χ1n) is 6.00. The highest BCUT2D eigenvalue weighted by Crippen LogP contribution is 2.15. The zero-order valence-electron chi connectivity index (χ0n) is 11.0. The molecule has 3 heterocycles. The van der Waals surface area contributed by atoms with Crippen molar-refractivity contribution in [1.29, 1.82) is 0 Å². The third-order valence-corrected chi connectivity index (χ3v) is 3.68. The quantitative estimate of drug-likeness (QED) is 0.775. The highest BCUT2D eigenvalue weighted by atomic mass is 32.1. The molecule has 0 aliphatic rings. The molecule has 0 atom stereocenters. The molecule has 3 rings (SSSR count). The summed E-state index contributed by atoms with van der Waals surface area (Å²) < 4.78 is 7.18. The van der Waals surface area contributed by atoms with E-state index in [4.69, 9.17) is 10.3 Å². The first-order chi connectivity index (χ1) is 9.45. The summed E-state index contributed by atoms with van der Waals surface area (Å²) in [5.41, 5.74) is 5.80. The van der Waals surface area contributed by atoms with Crippen LogP contribution in [0.25, 0.3) is 10.2 Å². The molecular formula is C12H13N5O2S. The van der Waals surface area contributed by atoms with Gasteiger partial charge in [-0.3, -0.25) is 9.36 Å². The van der Waals surface area contributed by atoms with E-state index in [1.807, 2.05) is 11.4 Å². The average molecular weight is 291 g/mol. The van der Waals surface area contributed by atoms with Gasteiger partial charge in [0.05, 0.1) is 17.4 Å². The minimum atomic E-state index is -0.678. The van der Waals surface area contributed by atoms with E-state index in [2.05, 4.69) is 15.1 Å². The summed E-state index contributed by atoms with van der Waals surface area (Å²) in [5.74, 6) is 0.740. The van der Waals surface area contributed by atoms with Crippen molar-refractivity contribution in [3.8, 4) is 0 Å². The van der Waals surface area contributed by atoms with E-state index in [0.29, 0.717) is 21.9 Å². The van der Waals surface area contributed by atoms with Crippen molar-refractivity contribution < 1.29 is 4.52 Å². The minimum Gasteiger partial charge on any atom is -0.337 e. The Balaban J connectivity index is 1.95. The number of aromatic nitrogens is 4. The highest BCUT2D eigenvalue weighted by Gasteiger charge is 2.21. The topological polar surface area (TPSA) is 99.8 Å². The molecule has 104 valence electrons. The van der Waals surface area contributed by atoms with Crippen LogP contribution in [0, 0.1) is 0 Å². The van der Waals surface area contributed by atoms with Gasteiger partial charge in [0.1, 0.15) is 11.2 Å². The molecule has 7 nitrogen and oxygen atoms in total. The summed E-state index contributed by atoms with van der Waals surface area (Å²) >= 11 is 1.37. The first kappa shape index (κ1) is 12.9. The summed E-state index contributed by atoms with van der Waals surface area (Å²) in [4.78, 5) is 20.6. The zero-order valence-corrected chi connectivity index (χ0v) is 11.8. The molecular weight excluding hydrogens is 278 g/mol. The van der Waals surface area contributed by atoms with Crippen molar-refractivity contribution in [2.45, 2.75) is 25.9 Å². The molecule has 0 radical (unpaired) electrons. The molecule has 0 aromatic carbocycles. The van der Waals surface area contributed by atoms with Crippen LogP contribution in [0.1, 0.15) is 25.6 Å². The molecule has 3 aromatic heterocycles. The summed E-state index contributed by atoms with van der Waals surface area (Å²) in [6.45, 7) is 3.75. The standard InChI is InChI=1S/C12H13N5O2S/c1-12(2,13)11-15-8(19-16-11)5-17-6-14-7-3-4-20-9(7)10(17)18/h3-4,6H,5,13H2,1-2H3. The Labute approximate surface area is 118 Å². The van der Waals surface area contributed by atoms with Crippen LogP contribution in [-0.4, -0.2) is 19.7 Å². The number of hydrogen-bond donors (Lipinski definition) is 1. The van der Waals surface area contributed by atoms with Crippen LogP contribution in [0.4, 0.5) is 0 Å². The number of hydrogen-bond acceptors (Lipinski definition) is 7. The molecule has 0 amide bonds. The van der Waals surface area contributed by atoms with Crippen molar-refractivity contribution in [1.82, 2.24) is 19.7 Å². The van der Waals surface area contributed by atoms with Gasteiger partial charge in [-0.25, -0.2) is 4.98 Å². The lowest BCUT2D eigenvalue weighted by molar-refractivity contribution is 0.354. The third kappa shape index (κ3) is 2.23. The number of nitrogens with two attached hydrogens (primary N) is 1. The predicted octanol–water partition coefficient (Wildman–Crippen LogP) is 1.08. The molecule has 0 aliphatic carbocycles. The monoisotopic (exact) mass is 291 g/mol. The fourth-order valence-electron chi connectivity index (χ4n) is 1.72. The van der Waals surface area contributed by atoms with Crippen molar-refractivity contribution in [2.24, 2.45) is 5.73 Å². The summed E-state index contributed by atoms with van der Waals surface area (Å²) in [5, 5.41) is 5.66. The SMILES string of the molecule is CC(C)(N)c1noc(Cn2cnc3ccsc3c2=O)n1. The number of rotatable bonds is 3. The van der Waals surface area contributed by atoms with Crippen LogP contribution in [0.15, 0.2) is 27.1 Å². The fraction of sp³-hybridized carbons (Fsp3) is 0.333. The van der Waals surface area contributed by atoms with E-state index in [-0.39, 0.29) is 12.1 Å². The summed E-state index contributed by atoms with van der Waals surface area (Å²) in [6.07, 6.45) is 1.48. The van der Waals surface area contributed by atoms with Gasteiger partial charge in [-0.2, -0.15) is 4.98 Å². The van der Waals surface area contributed by atoms with E-state index in [9.17, 15) is 4.79 Å². The number of fused-ring (bicyclic) bond motifs is 1. The Morgan fingerprint density at radius 1 is 1.50 bits per heavy atom. The minimum absolute atomic E-state index is 0.114. The summed E-state index contributed by atoms with van der Waals surface area (Å²) in [6, 6.07) is 1.81. The Bertz CT molecular complexity index is 811.